The number of benzene rings is 2. The molecule has 0 saturated heterocycles. The van der Waals surface area contributed by atoms with Gasteiger partial charge in [-0.3, -0.25) is 24.4 Å². The van der Waals surface area contributed by atoms with Gasteiger partial charge in [-0.1, -0.05) is 49.2 Å². The minimum atomic E-state index is -5.19. The van der Waals surface area contributed by atoms with E-state index in [1.54, 1.807) is 0 Å². The first-order chi connectivity index (χ1) is 19.8. The second kappa shape index (κ2) is 14.3. The van der Waals surface area contributed by atoms with E-state index in [1.165, 1.54) is 82.0 Å². The van der Waals surface area contributed by atoms with Gasteiger partial charge in [-0.2, -0.15) is 13.2 Å². The van der Waals surface area contributed by atoms with Gasteiger partial charge in [-0.15, -0.1) is 0 Å². The van der Waals surface area contributed by atoms with Crippen LogP contribution in [0.5, 0.6) is 11.5 Å². The topological polar surface area (TPSA) is 120 Å². The molecule has 2 amide bonds. The lowest BCUT2D eigenvalue weighted by atomic mass is 9.97. The van der Waals surface area contributed by atoms with Gasteiger partial charge < -0.3 is 20.1 Å². The van der Waals surface area contributed by atoms with Crippen molar-refractivity contribution < 1.29 is 37.0 Å². The molecule has 1 unspecified atom stereocenters. The van der Waals surface area contributed by atoms with E-state index >= 15 is 0 Å². The molecule has 1 heterocycles. The maximum absolute atomic E-state index is 13.6. The van der Waals surface area contributed by atoms with Crippen LogP contribution in [-0.2, 0) is 20.8 Å². The van der Waals surface area contributed by atoms with Crippen LogP contribution in [0.15, 0.2) is 61.1 Å². The van der Waals surface area contributed by atoms with Gasteiger partial charge >= 0.3 is 6.18 Å². The first-order valence-corrected chi connectivity index (χ1v) is 13.3. The molecule has 0 aliphatic carbocycles. The molecule has 3 rings (SSSR count). The Morgan fingerprint density at radius 1 is 0.929 bits per heavy atom. The number of nitrogens with one attached hydrogen (secondary N) is 2. The highest BCUT2D eigenvalue weighted by molar-refractivity contribution is 6.34. The Bertz CT molecular complexity index is 1370. The summed E-state index contributed by atoms with van der Waals surface area (Å²) in [5.74, 6) is -4.33. The van der Waals surface area contributed by atoms with Crippen LogP contribution >= 0.6 is 23.2 Å². The van der Waals surface area contributed by atoms with E-state index in [4.69, 9.17) is 32.7 Å². The van der Waals surface area contributed by atoms with Crippen molar-refractivity contribution in [1.29, 1.82) is 0 Å². The van der Waals surface area contributed by atoms with Crippen molar-refractivity contribution in [1.82, 2.24) is 20.6 Å². The molecule has 0 aliphatic rings. The number of aromatic nitrogens is 2. The number of amides is 2. The molecule has 1 aromatic heterocycles. The van der Waals surface area contributed by atoms with E-state index in [0.717, 1.165) is 0 Å². The van der Waals surface area contributed by atoms with Gasteiger partial charge in [0.2, 0.25) is 5.91 Å². The fraction of sp³-hybridized carbons (Fsp3) is 0.321. The van der Waals surface area contributed by atoms with E-state index in [2.05, 4.69) is 20.6 Å². The largest absolute Gasteiger partial charge is 0.497 e. The lowest BCUT2D eigenvalue weighted by Gasteiger charge is -2.27. The smallest absolute Gasteiger partial charge is 0.452 e. The maximum Gasteiger partial charge on any atom is 0.452 e. The van der Waals surface area contributed by atoms with Gasteiger partial charge in [0, 0.05) is 35.1 Å². The number of Topliss-reactive ketones (excluding diaryl/α,β-unsaturated/α-hetero) is 1. The molecular formula is C28H27Cl2F3N4O5. The first-order valence-electron chi connectivity index (χ1n) is 12.5. The zero-order valence-electron chi connectivity index (χ0n) is 22.6. The minimum Gasteiger partial charge on any atom is -0.497 e. The van der Waals surface area contributed by atoms with Crippen molar-refractivity contribution >= 4 is 40.8 Å². The molecule has 9 nitrogen and oxygen atoms in total. The molecule has 0 saturated carbocycles. The number of carbonyl (C=O) groups excluding carboxylic acids is 3. The van der Waals surface area contributed by atoms with Crippen molar-refractivity contribution in [2.75, 3.05) is 7.11 Å². The van der Waals surface area contributed by atoms with Crippen LogP contribution in [-0.4, -0.2) is 53.0 Å². The lowest BCUT2D eigenvalue weighted by Crippen LogP contribution is -2.53. The van der Waals surface area contributed by atoms with Crippen LogP contribution < -0.4 is 20.1 Å². The van der Waals surface area contributed by atoms with Crippen LogP contribution in [0.3, 0.4) is 0 Å². The summed E-state index contributed by atoms with van der Waals surface area (Å²) in [5, 5.41) is 5.17. The third-order valence-electron chi connectivity index (χ3n) is 5.94. The highest BCUT2D eigenvalue weighted by Gasteiger charge is 2.45. The van der Waals surface area contributed by atoms with Crippen molar-refractivity contribution in [2.45, 2.75) is 44.6 Å². The number of nitrogens with zero attached hydrogens (tertiary/aromatic N) is 2. The lowest BCUT2D eigenvalue weighted by molar-refractivity contribution is -0.175. The number of rotatable bonds is 12. The molecule has 14 heteroatoms. The van der Waals surface area contributed by atoms with Gasteiger partial charge in [0.05, 0.1) is 18.8 Å². The monoisotopic (exact) mass is 626 g/mol. The van der Waals surface area contributed by atoms with E-state index in [-0.39, 0.29) is 27.8 Å². The van der Waals surface area contributed by atoms with Gasteiger partial charge in [-0.25, -0.2) is 0 Å². The quantitative estimate of drug-likeness (QED) is 0.293. The maximum atomic E-state index is 13.6. The summed E-state index contributed by atoms with van der Waals surface area (Å²) in [6.45, 7) is 2.72. The fourth-order valence-electron chi connectivity index (χ4n) is 3.85. The standard InChI is InChI=1S/C28H27Cl2F3N4O5/c1-15(2)23(25(38)28(31,32)33)36-27(40)24(16-4-6-20(41-3)7-5-16)37-26(39)22(13-19-14-34-8-9-35-19)42-21-11-17(29)10-18(30)12-21/h4-12,14-15,22-24H,13H2,1-3H3,(H,36,40)(H,37,39)/t22?,23-,24-/m0/s1. The van der Waals surface area contributed by atoms with Gasteiger partial charge in [0.15, 0.2) is 6.10 Å². The Morgan fingerprint density at radius 2 is 1.57 bits per heavy atom. The molecular weight excluding hydrogens is 600 g/mol. The van der Waals surface area contributed by atoms with Crippen LogP contribution in [0.1, 0.15) is 31.1 Å². The Morgan fingerprint density at radius 3 is 2.10 bits per heavy atom. The Balaban J connectivity index is 1.96. The highest BCUT2D eigenvalue weighted by atomic mass is 35.5. The Labute approximate surface area is 249 Å². The number of ether oxygens (including phenoxy) is 2. The third kappa shape index (κ3) is 9.05. The van der Waals surface area contributed by atoms with Gasteiger partial charge in [-0.05, 0) is 41.8 Å². The summed E-state index contributed by atoms with van der Waals surface area (Å²) in [5.41, 5.74) is 0.569. The summed E-state index contributed by atoms with van der Waals surface area (Å²) in [4.78, 5) is 47.3. The number of hydrogen-bond acceptors (Lipinski definition) is 7. The number of carbonyl (C=O) groups is 3. The van der Waals surface area contributed by atoms with Crippen LogP contribution in [0.4, 0.5) is 13.2 Å². The zero-order chi connectivity index (χ0) is 31.0. The molecule has 0 spiro atoms. The molecule has 42 heavy (non-hydrogen) atoms. The Hall–Kier alpha value is -3.90. The Kier molecular flexibility index (Phi) is 11.1. The molecule has 2 aromatic carbocycles. The SMILES string of the molecule is COc1ccc([C@H](NC(=O)C(Cc2cnccn2)Oc2cc(Cl)cc(Cl)c2)C(=O)N[C@H](C(=O)C(F)(F)F)C(C)C)cc1. The summed E-state index contributed by atoms with van der Waals surface area (Å²) in [6, 6.07) is 6.81. The molecule has 0 bridgehead atoms. The highest BCUT2D eigenvalue weighted by Crippen LogP contribution is 2.27. The van der Waals surface area contributed by atoms with Crippen molar-refractivity contribution in [3.63, 3.8) is 0 Å². The van der Waals surface area contributed by atoms with Crippen molar-refractivity contribution in [3.05, 3.63) is 82.4 Å². The fourth-order valence-corrected chi connectivity index (χ4v) is 4.36. The van der Waals surface area contributed by atoms with Crippen LogP contribution in [0.25, 0.3) is 0 Å². The summed E-state index contributed by atoms with van der Waals surface area (Å²) in [7, 11) is 1.42. The molecule has 0 aliphatic heterocycles. The van der Waals surface area contributed by atoms with Crippen molar-refractivity contribution in [3.8, 4) is 11.5 Å². The van der Waals surface area contributed by atoms with Gasteiger partial charge in [0.1, 0.15) is 17.5 Å². The average Bonchev–Trinajstić information content (AvgIpc) is 2.93. The number of alkyl halides is 3. The predicted molar refractivity (Wildman–Crippen MR) is 148 cm³/mol. The van der Waals surface area contributed by atoms with Crippen molar-refractivity contribution in [2.24, 2.45) is 5.92 Å². The van der Waals surface area contributed by atoms with E-state index < -0.39 is 47.9 Å². The third-order valence-corrected chi connectivity index (χ3v) is 6.38. The number of hydrogen-bond donors (Lipinski definition) is 2. The molecule has 3 aromatic rings. The molecule has 0 fully saturated rings. The van der Waals surface area contributed by atoms with Crippen LogP contribution in [0.2, 0.25) is 10.0 Å². The summed E-state index contributed by atoms with van der Waals surface area (Å²) < 4.78 is 50.8. The first kappa shape index (κ1) is 32.6. The van der Waals surface area contributed by atoms with Gasteiger partial charge in [0.25, 0.3) is 11.7 Å². The molecule has 3 atom stereocenters. The number of ketones is 1. The van der Waals surface area contributed by atoms with E-state index in [0.29, 0.717) is 11.4 Å². The predicted octanol–water partition coefficient (Wildman–Crippen LogP) is 4.91. The van der Waals surface area contributed by atoms with Crippen LogP contribution in [0, 0.1) is 5.92 Å². The number of halogens is 5. The second-order valence-corrected chi connectivity index (χ2v) is 10.3. The number of methoxy groups -OCH3 is 1. The minimum absolute atomic E-state index is 0.109. The van der Waals surface area contributed by atoms with E-state index in [1.807, 2.05) is 0 Å². The molecule has 0 radical (unpaired) electrons. The normalized spacial score (nSPS) is 13.5. The molecule has 224 valence electrons. The summed E-state index contributed by atoms with van der Waals surface area (Å²) >= 11 is 12.2. The second-order valence-electron chi connectivity index (χ2n) is 9.42. The average molecular weight is 627 g/mol. The zero-order valence-corrected chi connectivity index (χ0v) is 24.1. The summed E-state index contributed by atoms with van der Waals surface area (Å²) in [6.07, 6.45) is -2.34. The van der Waals surface area contributed by atoms with E-state index in [9.17, 15) is 27.6 Å². The molecule has 2 N–H and O–H groups in total.